The zero-order valence-corrected chi connectivity index (χ0v) is 22.4. The molecule has 4 aromatic rings. The Hall–Kier alpha value is -3.87. The van der Waals surface area contributed by atoms with Gasteiger partial charge in [-0.25, -0.2) is 4.98 Å². The number of oxazole rings is 1. The Balaban J connectivity index is 1.37. The topological polar surface area (TPSA) is 131 Å². The molecule has 2 aromatic heterocycles. The number of thiophene rings is 1. The fourth-order valence-corrected chi connectivity index (χ4v) is 5.34. The van der Waals surface area contributed by atoms with E-state index in [1.165, 1.54) is 18.4 Å². The Labute approximate surface area is 224 Å². The smallest absolute Gasteiger partial charge is 0.318 e. The zero-order chi connectivity index (χ0) is 27.1. The Bertz CT molecular complexity index is 1450. The van der Waals surface area contributed by atoms with Crippen LogP contribution in [-0.2, 0) is 28.0 Å². The number of methoxy groups -OCH3 is 1. The highest BCUT2D eigenvalue weighted by Crippen LogP contribution is 2.30. The lowest BCUT2D eigenvalue weighted by molar-refractivity contribution is -0.137. The third-order valence-corrected chi connectivity index (χ3v) is 7.71. The molecule has 38 heavy (non-hydrogen) atoms. The summed E-state index contributed by atoms with van der Waals surface area (Å²) in [4.78, 5) is 16.8. The van der Waals surface area contributed by atoms with Crippen LogP contribution in [-0.4, -0.2) is 49.0 Å². The summed E-state index contributed by atoms with van der Waals surface area (Å²) in [6.07, 6.45) is 0.453. The molecule has 0 unspecified atom stereocenters. The number of benzene rings is 2. The third-order valence-electron chi connectivity index (χ3n) is 5.42. The minimum Gasteiger partial charge on any atom is -0.493 e. The highest BCUT2D eigenvalue weighted by atomic mass is 32.2. The number of hydrogen-bond acceptors (Lipinski definition) is 8. The number of hydrogen-bond donors (Lipinski definition) is 2. The van der Waals surface area contributed by atoms with Crippen molar-refractivity contribution < 1.29 is 32.2 Å². The number of rotatable bonds is 13. The molecule has 0 saturated heterocycles. The molecule has 0 atom stereocenters. The molecule has 2 heterocycles. The Morgan fingerprint density at radius 1 is 1.13 bits per heavy atom. The van der Waals surface area contributed by atoms with E-state index in [1.54, 1.807) is 48.5 Å². The molecule has 12 heteroatoms. The summed E-state index contributed by atoms with van der Waals surface area (Å²) in [5.74, 6) is 0.144. The second-order valence-corrected chi connectivity index (χ2v) is 10.9. The van der Waals surface area contributed by atoms with E-state index in [2.05, 4.69) is 9.71 Å². The predicted molar refractivity (Wildman–Crippen MR) is 144 cm³/mol. The lowest BCUT2D eigenvalue weighted by Crippen LogP contribution is -2.39. The number of ether oxygens (including phenoxy) is 2. The number of aryl methyl sites for hydroxylation is 1. The largest absolute Gasteiger partial charge is 0.493 e. The highest BCUT2D eigenvalue weighted by molar-refractivity contribution is 7.90. The number of aromatic nitrogens is 1. The first kappa shape index (κ1) is 27.2. The first-order chi connectivity index (χ1) is 18.2. The molecule has 2 aromatic carbocycles. The standard InChI is InChI=1S/C26H27N3O7S2/c1-18-5-9-20(10-6-18)28-38(32,33)29(17-24(30)31)16-19-7-11-21(12-8-19)35-14-13-22-26(34-2)36-25(27-22)23-4-3-15-37-23/h3-12,15,28H,13-14,16-17H2,1-2H3,(H,30,31). The SMILES string of the molecule is COc1oc(-c2cccs2)nc1CCOc1ccc(CN(CC(=O)O)S(=O)(=O)Nc2ccc(C)cc2)cc1. The van der Waals surface area contributed by atoms with Crippen LogP contribution in [0.25, 0.3) is 10.8 Å². The molecule has 0 bridgehead atoms. The maximum Gasteiger partial charge on any atom is 0.318 e. The van der Waals surface area contributed by atoms with E-state index in [4.69, 9.17) is 13.9 Å². The van der Waals surface area contributed by atoms with Crippen molar-refractivity contribution in [2.45, 2.75) is 19.9 Å². The monoisotopic (exact) mass is 557 g/mol. The van der Waals surface area contributed by atoms with Crippen molar-refractivity contribution in [1.29, 1.82) is 0 Å². The van der Waals surface area contributed by atoms with E-state index in [9.17, 15) is 18.3 Å². The van der Waals surface area contributed by atoms with Gasteiger partial charge in [0, 0.05) is 18.7 Å². The van der Waals surface area contributed by atoms with Gasteiger partial charge in [-0.1, -0.05) is 35.9 Å². The summed E-state index contributed by atoms with van der Waals surface area (Å²) in [5, 5.41) is 11.2. The molecular weight excluding hydrogens is 530 g/mol. The molecule has 0 aliphatic carbocycles. The van der Waals surface area contributed by atoms with Gasteiger partial charge in [0.2, 0.25) is 5.89 Å². The molecule has 10 nitrogen and oxygen atoms in total. The number of carboxylic acids is 1. The molecule has 4 rings (SSSR count). The molecule has 2 N–H and O–H groups in total. The van der Waals surface area contributed by atoms with Crippen LogP contribution in [0.5, 0.6) is 11.7 Å². The van der Waals surface area contributed by atoms with E-state index in [0.717, 1.165) is 14.7 Å². The van der Waals surface area contributed by atoms with Crippen molar-refractivity contribution in [3.63, 3.8) is 0 Å². The van der Waals surface area contributed by atoms with Gasteiger partial charge in [-0.3, -0.25) is 9.52 Å². The van der Waals surface area contributed by atoms with Crippen LogP contribution in [0.1, 0.15) is 16.8 Å². The van der Waals surface area contributed by atoms with Crippen LogP contribution in [0.2, 0.25) is 0 Å². The first-order valence-corrected chi connectivity index (χ1v) is 13.9. The molecule has 0 aliphatic rings. The van der Waals surface area contributed by atoms with Gasteiger partial charge in [0.15, 0.2) is 0 Å². The molecule has 0 aliphatic heterocycles. The third kappa shape index (κ3) is 7.12. The van der Waals surface area contributed by atoms with Crippen LogP contribution in [0.4, 0.5) is 5.69 Å². The quantitative estimate of drug-likeness (QED) is 0.244. The lowest BCUT2D eigenvalue weighted by atomic mass is 10.2. The van der Waals surface area contributed by atoms with Crippen molar-refractivity contribution in [1.82, 2.24) is 9.29 Å². The van der Waals surface area contributed by atoms with Gasteiger partial charge >= 0.3 is 22.1 Å². The van der Waals surface area contributed by atoms with Crippen LogP contribution in [0.3, 0.4) is 0 Å². The fourth-order valence-electron chi connectivity index (χ4n) is 3.53. The maximum absolute atomic E-state index is 12.9. The summed E-state index contributed by atoms with van der Waals surface area (Å²) in [5.41, 5.74) is 2.57. The summed E-state index contributed by atoms with van der Waals surface area (Å²) < 4.78 is 45.9. The number of anilines is 1. The summed E-state index contributed by atoms with van der Waals surface area (Å²) in [7, 11) is -2.59. The van der Waals surface area contributed by atoms with Crippen LogP contribution >= 0.6 is 11.3 Å². The molecule has 0 spiro atoms. The summed E-state index contributed by atoms with van der Waals surface area (Å²) in [6, 6.07) is 17.4. The Morgan fingerprint density at radius 2 is 1.87 bits per heavy atom. The van der Waals surface area contributed by atoms with Crippen LogP contribution in [0, 0.1) is 6.92 Å². The van der Waals surface area contributed by atoms with Gasteiger partial charge in [-0.15, -0.1) is 11.3 Å². The molecular formula is C26H27N3O7S2. The van der Waals surface area contributed by atoms with Gasteiger partial charge in [0.1, 0.15) is 18.0 Å². The van der Waals surface area contributed by atoms with Crippen LogP contribution in [0.15, 0.2) is 70.5 Å². The summed E-state index contributed by atoms with van der Waals surface area (Å²) >= 11 is 1.52. The fraction of sp³-hybridized carbons (Fsp3) is 0.231. The maximum atomic E-state index is 12.9. The normalized spacial score (nSPS) is 11.4. The van der Waals surface area contributed by atoms with E-state index >= 15 is 0 Å². The van der Waals surface area contributed by atoms with Crippen molar-refractivity contribution >= 4 is 33.2 Å². The number of nitrogens with one attached hydrogen (secondary N) is 1. The number of nitrogens with zero attached hydrogens (tertiary/aromatic N) is 2. The van der Waals surface area contributed by atoms with Gasteiger partial charge in [0.25, 0.3) is 0 Å². The van der Waals surface area contributed by atoms with E-state index in [0.29, 0.717) is 47.6 Å². The number of carbonyl (C=O) groups is 1. The minimum atomic E-state index is -4.11. The lowest BCUT2D eigenvalue weighted by Gasteiger charge is -2.21. The van der Waals surface area contributed by atoms with Crippen molar-refractivity contribution in [3.8, 4) is 22.5 Å². The predicted octanol–water partition coefficient (Wildman–Crippen LogP) is 4.59. The minimum absolute atomic E-state index is 0.130. The average Bonchev–Trinajstić information content (AvgIpc) is 3.56. The molecule has 200 valence electrons. The van der Waals surface area contributed by atoms with Crippen molar-refractivity contribution in [3.05, 3.63) is 82.9 Å². The molecule has 0 fully saturated rings. The molecule has 0 amide bonds. The zero-order valence-electron chi connectivity index (χ0n) is 20.8. The van der Waals surface area contributed by atoms with Gasteiger partial charge in [0.05, 0.1) is 18.6 Å². The van der Waals surface area contributed by atoms with Crippen molar-refractivity contribution in [2.75, 3.05) is 25.0 Å². The highest BCUT2D eigenvalue weighted by Gasteiger charge is 2.25. The van der Waals surface area contributed by atoms with Crippen molar-refractivity contribution in [2.24, 2.45) is 0 Å². The van der Waals surface area contributed by atoms with Gasteiger partial charge < -0.3 is 19.0 Å². The molecule has 0 saturated carbocycles. The summed E-state index contributed by atoms with van der Waals surface area (Å²) in [6.45, 7) is 1.38. The van der Waals surface area contributed by atoms with E-state index in [1.807, 2.05) is 24.4 Å². The number of aliphatic carboxylic acids is 1. The van der Waals surface area contributed by atoms with E-state index < -0.39 is 22.7 Å². The Kier molecular flexibility index (Phi) is 8.66. The first-order valence-electron chi connectivity index (χ1n) is 11.6. The van der Waals surface area contributed by atoms with Crippen LogP contribution < -0.4 is 14.2 Å². The average molecular weight is 558 g/mol. The number of carboxylic acid groups (broad SMARTS) is 1. The second kappa shape index (κ2) is 12.1. The van der Waals surface area contributed by atoms with Gasteiger partial charge in [-0.05, 0) is 48.2 Å². The second-order valence-electron chi connectivity index (χ2n) is 8.31. The molecule has 0 radical (unpaired) electrons. The van der Waals surface area contributed by atoms with Gasteiger partial charge in [-0.2, -0.15) is 12.7 Å². The Morgan fingerprint density at radius 3 is 2.50 bits per heavy atom. The van der Waals surface area contributed by atoms with E-state index in [-0.39, 0.29) is 6.54 Å².